The second-order valence-corrected chi connectivity index (χ2v) is 4.29. The number of ether oxygens (including phenoxy) is 1. The molecule has 0 saturated carbocycles. The monoisotopic (exact) mass is 327 g/mol. The smallest absolute Gasteiger partial charge is 0.184 e. The van der Waals surface area contributed by atoms with Crippen molar-refractivity contribution < 1.29 is 4.74 Å². The minimum atomic E-state index is -0.510. The highest BCUT2D eigenvalue weighted by Gasteiger charge is 2.13. The van der Waals surface area contributed by atoms with Crippen molar-refractivity contribution in [3.8, 4) is 17.9 Å². The molecule has 0 amide bonds. The van der Waals surface area contributed by atoms with Crippen molar-refractivity contribution in [1.82, 2.24) is 0 Å². The zero-order valence-electron chi connectivity index (χ0n) is 8.70. The maximum absolute atomic E-state index is 8.80. The molecular formula is C11H10IN3O. The molecule has 16 heavy (non-hydrogen) atoms. The Labute approximate surface area is 108 Å². The van der Waals surface area contributed by atoms with Gasteiger partial charge in [-0.1, -0.05) is 6.92 Å². The number of nitrogen functional groups attached to an aromatic ring is 1. The van der Waals surface area contributed by atoms with Crippen LogP contribution in [0.4, 0.5) is 5.69 Å². The first kappa shape index (κ1) is 12.6. The highest BCUT2D eigenvalue weighted by Crippen LogP contribution is 2.30. The van der Waals surface area contributed by atoms with Gasteiger partial charge in [-0.25, -0.2) is 0 Å². The number of hydrogen-bond donors (Lipinski definition) is 1. The van der Waals surface area contributed by atoms with E-state index in [0.717, 1.165) is 3.57 Å². The fraction of sp³-hybridized carbons (Fsp3) is 0.273. The third kappa shape index (κ3) is 2.77. The second-order valence-electron chi connectivity index (χ2n) is 3.13. The van der Waals surface area contributed by atoms with Gasteiger partial charge in [0.25, 0.3) is 0 Å². The third-order valence-corrected chi connectivity index (χ3v) is 2.78. The lowest BCUT2D eigenvalue weighted by Crippen LogP contribution is -2.14. The topological polar surface area (TPSA) is 82.8 Å². The van der Waals surface area contributed by atoms with Crippen LogP contribution in [0.1, 0.15) is 18.9 Å². The predicted octanol–water partition coefficient (Wildman–Crippen LogP) is 2.43. The molecule has 1 rings (SSSR count). The summed E-state index contributed by atoms with van der Waals surface area (Å²) in [5, 5.41) is 17.5. The van der Waals surface area contributed by atoms with Gasteiger partial charge in [-0.05, 0) is 41.1 Å². The average Bonchev–Trinajstić information content (AvgIpc) is 2.28. The van der Waals surface area contributed by atoms with Crippen molar-refractivity contribution in [3.05, 3.63) is 21.3 Å². The van der Waals surface area contributed by atoms with Gasteiger partial charge in [0.15, 0.2) is 11.9 Å². The summed E-state index contributed by atoms with van der Waals surface area (Å²) in [7, 11) is 0. The Morgan fingerprint density at radius 3 is 2.62 bits per heavy atom. The van der Waals surface area contributed by atoms with Gasteiger partial charge < -0.3 is 10.5 Å². The van der Waals surface area contributed by atoms with Crippen LogP contribution >= 0.6 is 22.6 Å². The highest BCUT2D eigenvalue weighted by atomic mass is 127. The standard InChI is InChI=1S/C11H10IN3O/c1-2-8(6-14)16-11-9(12)3-7(5-13)4-10(11)15/h3-4,8H,2,15H2,1H3. The summed E-state index contributed by atoms with van der Waals surface area (Å²) in [5.41, 5.74) is 6.64. The second kappa shape index (κ2) is 5.57. The molecule has 0 aliphatic carbocycles. The van der Waals surface area contributed by atoms with Crippen LogP contribution in [0.3, 0.4) is 0 Å². The molecule has 0 aromatic heterocycles. The molecule has 0 aliphatic heterocycles. The first-order chi connectivity index (χ1) is 7.62. The largest absolute Gasteiger partial charge is 0.472 e. The van der Waals surface area contributed by atoms with Crippen LogP contribution in [0, 0.1) is 26.2 Å². The van der Waals surface area contributed by atoms with Crippen LogP contribution in [-0.4, -0.2) is 6.10 Å². The third-order valence-electron chi connectivity index (χ3n) is 1.98. The fourth-order valence-corrected chi connectivity index (χ4v) is 1.92. The molecule has 0 heterocycles. The van der Waals surface area contributed by atoms with E-state index in [9.17, 15) is 0 Å². The van der Waals surface area contributed by atoms with Gasteiger partial charge >= 0.3 is 0 Å². The molecule has 1 aromatic carbocycles. The van der Waals surface area contributed by atoms with Gasteiger partial charge in [0, 0.05) is 0 Å². The zero-order chi connectivity index (χ0) is 12.1. The van der Waals surface area contributed by atoms with Crippen LogP contribution in [0.2, 0.25) is 0 Å². The summed E-state index contributed by atoms with van der Waals surface area (Å²) >= 11 is 2.04. The van der Waals surface area contributed by atoms with E-state index < -0.39 is 6.10 Å². The summed E-state index contributed by atoms with van der Waals surface area (Å²) in [6, 6.07) is 7.27. The predicted molar refractivity (Wildman–Crippen MR) is 68.6 cm³/mol. The van der Waals surface area contributed by atoms with Gasteiger partial charge in [-0.2, -0.15) is 10.5 Å². The molecule has 2 N–H and O–H groups in total. The van der Waals surface area contributed by atoms with Crippen molar-refractivity contribution in [1.29, 1.82) is 10.5 Å². The molecule has 0 fully saturated rings. The summed E-state index contributed by atoms with van der Waals surface area (Å²) < 4.78 is 6.21. The van der Waals surface area contributed by atoms with E-state index in [-0.39, 0.29) is 0 Å². The molecule has 0 spiro atoms. The minimum Gasteiger partial charge on any atom is -0.472 e. The zero-order valence-corrected chi connectivity index (χ0v) is 10.9. The molecule has 82 valence electrons. The molecule has 5 heteroatoms. The lowest BCUT2D eigenvalue weighted by atomic mass is 10.2. The first-order valence-electron chi connectivity index (χ1n) is 4.67. The van der Waals surface area contributed by atoms with Gasteiger partial charge in [-0.15, -0.1) is 0 Å². The van der Waals surface area contributed by atoms with E-state index in [1.807, 2.05) is 41.7 Å². The van der Waals surface area contributed by atoms with Crippen LogP contribution in [-0.2, 0) is 0 Å². The van der Waals surface area contributed by atoms with Crippen molar-refractivity contribution in [2.24, 2.45) is 0 Å². The number of nitrogens with two attached hydrogens (primary N) is 1. The van der Waals surface area contributed by atoms with Crippen molar-refractivity contribution in [3.63, 3.8) is 0 Å². The normalized spacial score (nSPS) is 11.2. The van der Waals surface area contributed by atoms with E-state index in [2.05, 4.69) is 0 Å². The number of anilines is 1. The number of hydrogen-bond acceptors (Lipinski definition) is 4. The van der Waals surface area contributed by atoms with Crippen LogP contribution in [0.15, 0.2) is 12.1 Å². The maximum Gasteiger partial charge on any atom is 0.184 e. The number of nitriles is 2. The lowest BCUT2D eigenvalue weighted by molar-refractivity contribution is 0.251. The molecule has 0 bridgehead atoms. The number of rotatable bonds is 3. The molecule has 1 aromatic rings. The van der Waals surface area contributed by atoms with Gasteiger partial charge in [0.1, 0.15) is 6.07 Å². The van der Waals surface area contributed by atoms with E-state index >= 15 is 0 Å². The Morgan fingerprint density at radius 2 is 2.19 bits per heavy atom. The lowest BCUT2D eigenvalue weighted by Gasteiger charge is -2.14. The molecule has 4 nitrogen and oxygen atoms in total. The summed E-state index contributed by atoms with van der Waals surface area (Å²) in [4.78, 5) is 0. The Morgan fingerprint density at radius 1 is 1.50 bits per heavy atom. The van der Waals surface area contributed by atoms with E-state index in [1.54, 1.807) is 12.1 Å². The Bertz CT molecular complexity index is 450. The van der Waals surface area contributed by atoms with Crippen LogP contribution in [0.25, 0.3) is 0 Å². The quantitative estimate of drug-likeness (QED) is 0.683. The van der Waals surface area contributed by atoms with Crippen molar-refractivity contribution in [2.75, 3.05) is 5.73 Å². The summed E-state index contributed by atoms with van der Waals surface area (Å²) in [5.74, 6) is 0.480. The maximum atomic E-state index is 8.80. The molecule has 1 atom stereocenters. The van der Waals surface area contributed by atoms with E-state index in [4.69, 9.17) is 21.0 Å². The summed E-state index contributed by atoms with van der Waals surface area (Å²) in [6.07, 6.45) is 0.0789. The van der Waals surface area contributed by atoms with Crippen molar-refractivity contribution in [2.45, 2.75) is 19.4 Å². The number of halogens is 1. The molecule has 0 aliphatic rings. The van der Waals surface area contributed by atoms with Gasteiger partial charge in [0.2, 0.25) is 0 Å². The number of benzene rings is 1. The van der Waals surface area contributed by atoms with Crippen molar-refractivity contribution >= 4 is 28.3 Å². The Balaban J connectivity index is 3.07. The average molecular weight is 327 g/mol. The minimum absolute atomic E-state index is 0.386. The summed E-state index contributed by atoms with van der Waals surface area (Å²) in [6.45, 7) is 1.86. The first-order valence-corrected chi connectivity index (χ1v) is 5.75. The van der Waals surface area contributed by atoms with Crippen LogP contribution < -0.4 is 10.5 Å². The Kier molecular flexibility index (Phi) is 4.39. The molecular weight excluding hydrogens is 317 g/mol. The molecule has 1 unspecified atom stereocenters. The SMILES string of the molecule is CCC(C#N)Oc1c(N)cc(C#N)cc1I. The van der Waals surface area contributed by atoms with E-state index in [0.29, 0.717) is 23.4 Å². The highest BCUT2D eigenvalue weighted by molar-refractivity contribution is 14.1. The fourth-order valence-electron chi connectivity index (χ4n) is 1.15. The molecule has 0 radical (unpaired) electrons. The van der Waals surface area contributed by atoms with E-state index in [1.165, 1.54) is 0 Å². The number of nitrogens with zero attached hydrogens (tertiary/aromatic N) is 2. The molecule has 0 saturated heterocycles. The Hall–Kier alpha value is -1.47. The van der Waals surface area contributed by atoms with Crippen LogP contribution in [0.5, 0.6) is 5.75 Å². The van der Waals surface area contributed by atoms with Gasteiger partial charge in [0.05, 0.1) is 20.9 Å². The van der Waals surface area contributed by atoms with Gasteiger partial charge in [-0.3, -0.25) is 0 Å².